The van der Waals surface area contributed by atoms with Gasteiger partial charge in [0, 0.05) is 71.3 Å². The number of likely N-dealkylation sites (tertiary alicyclic amines) is 1. The van der Waals surface area contributed by atoms with E-state index in [1.54, 1.807) is 14.0 Å². The van der Waals surface area contributed by atoms with Crippen molar-refractivity contribution in [2.24, 2.45) is 38.8 Å². The van der Waals surface area contributed by atoms with Crippen LogP contribution in [0.3, 0.4) is 0 Å². The van der Waals surface area contributed by atoms with Crippen LogP contribution in [0.4, 0.5) is 11.6 Å². The van der Waals surface area contributed by atoms with E-state index in [2.05, 4.69) is 30.6 Å². The van der Waals surface area contributed by atoms with E-state index in [4.69, 9.17) is 32.4 Å². The summed E-state index contributed by atoms with van der Waals surface area (Å²) < 4.78 is 12.9. The first-order valence-electron chi connectivity index (χ1n) is 24.8. The largest absolute Gasteiger partial charge is 0.387 e. The zero-order valence-electron chi connectivity index (χ0n) is 42.7. The second-order valence-electron chi connectivity index (χ2n) is 18.2. The summed E-state index contributed by atoms with van der Waals surface area (Å²) >= 11 is 0.989. The molecule has 3 aliphatic heterocycles. The molecular weight excluding hydrogens is 1010 g/mol. The van der Waals surface area contributed by atoms with Gasteiger partial charge in [-0.25, -0.2) is 20.0 Å². The molecule has 3 atom stereocenters. The molecule has 3 unspecified atom stereocenters. The fourth-order valence-corrected chi connectivity index (χ4v) is 9.53. The molecule has 0 bridgehead atoms. The van der Waals surface area contributed by atoms with Crippen molar-refractivity contribution in [1.29, 1.82) is 0 Å². The number of ketones is 4. The summed E-state index contributed by atoms with van der Waals surface area (Å²) in [6.07, 6.45) is 3.25. The molecule has 0 aromatic carbocycles. The summed E-state index contributed by atoms with van der Waals surface area (Å²) in [4.78, 5) is 165. The van der Waals surface area contributed by atoms with E-state index in [9.17, 15) is 52.7 Å². The predicted octanol–water partition coefficient (Wildman–Crippen LogP) is -2.34. The third-order valence-corrected chi connectivity index (χ3v) is 13.8. The lowest BCUT2D eigenvalue weighted by atomic mass is 9.96. The first-order chi connectivity index (χ1) is 36.3. The van der Waals surface area contributed by atoms with Crippen molar-refractivity contribution in [3.8, 4) is 0 Å². The number of methoxy groups -OCH3 is 1. The number of rotatable bonds is 34. The number of hydrogen-bond acceptors (Lipinski definition) is 21. The van der Waals surface area contributed by atoms with Crippen LogP contribution < -0.4 is 33.6 Å². The lowest BCUT2D eigenvalue weighted by Gasteiger charge is -2.26. The summed E-state index contributed by atoms with van der Waals surface area (Å²) in [5.74, 6) is -6.88. The Morgan fingerprint density at radius 2 is 1.45 bits per heavy atom. The number of amidine groups is 2. The highest BCUT2D eigenvalue weighted by Crippen LogP contribution is 2.29. The number of primary amides is 1. The number of imide groups is 1. The van der Waals surface area contributed by atoms with Crippen LogP contribution in [0.25, 0.3) is 0 Å². The Bertz CT molecular complexity index is 2580. The molecule has 414 valence electrons. The van der Waals surface area contributed by atoms with Gasteiger partial charge in [0.25, 0.3) is 0 Å². The van der Waals surface area contributed by atoms with E-state index in [-0.39, 0.29) is 130 Å². The van der Waals surface area contributed by atoms with Gasteiger partial charge in [-0.2, -0.15) is 0 Å². The highest BCUT2D eigenvalue weighted by molar-refractivity contribution is 8.00. The van der Waals surface area contributed by atoms with E-state index in [1.807, 2.05) is 0 Å². The molecule has 76 heavy (non-hydrogen) atoms. The molecule has 7 amide bonds. The Balaban J connectivity index is 1.20. The van der Waals surface area contributed by atoms with Crippen LogP contribution in [0.5, 0.6) is 0 Å². The molecule has 29 heteroatoms. The van der Waals surface area contributed by atoms with Gasteiger partial charge in [0.15, 0.2) is 40.4 Å². The summed E-state index contributed by atoms with van der Waals surface area (Å²) in [5.41, 5.74) is 23.2. The molecule has 1 fully saturated rings. The van der Waals surface area contributed by atoms with Crippen LogP contribution in [-0.4, -0.2) is 200 Å². The fraction of sp³-hybridized carbons (Fsp3) is 0.596. The van der Waals surface area contributed by atoms with Crippen LogP contribution in [0.2, 0.25) is 0 Å². The van der Waals surface area contributed by atoms with Gasteiger partial charge in [-0.3, -0.25) is 57.6 Å². The maximum absolute atomic E-state index is 14.0. The lowest BCUT2D eigenvalue weighted by Crippen LogP contribution is -2.50. The normalized spacial score (nSPS) is 15.8. The van der Waals surface area contributed by atoms with E-state index >= 15 is 0 Å². The highest BCUT2D eigenvalue weighted by atomic mass is 32.2. The number of amides is 7. The van der Waals surface area contributed by atoms with Gasteiger partial charge in [0.1, 0.15) is 30.5 Å². The number of fused-ring (bicyclic) bond motifs is 2. The maximum Gasteiger partial charge on any atom is 0.243 e. The summed E-state index contributed by atoms with van der Waals surface area (Å²) in [6, 6.07) is -1.18. The number of aromatic nitrogens is 4. The number of imidazole rings is 2. The summed E-state index contributed by atoms with van der Waals surface area (Å²) in [7, 11) is 1.55. The minimum atomic E-state index is -1.18. The SMILES string of the molecule is CCN(CC(=O)NCCN(CC(=O)NC(CCCCN)C(=O)CC(CSC1CC(=O)N(CCC(=O)CCCOCCOC)C1=O)C(N)=O)C(=O)Cn1cnc2c1N=C(N)CC2=O)C(=O)Cn1cnc2c1N=C(N)CC2=O. The fourth-order valence-electron chi connectivity index (χ4n) is 8.25. The molecule has 2 aromatic rings. The first kappa shape index (κ1) is 59.6. The van der Waals surface area contributed by atoms with Crippen molar-refractivity contribution < 1.29 is 62.2 Å². The third-order valence-electron chi connectivity index (χ3n) is 12.4. The molecule has 5 rings (SSSR count). The third kappa shape index (κ3) is 17.1. The van der Waals surface area contributed by atoms with Crippen molar-refractivity contribution in [2.45, 2.75) is 95.5 Å². The summed E-state index contributed by atoms with van der Waals surface area (Å²) in [6.45, 7) is 0.845. The molecule has 10 N–H and O–H groups in total. The molecule has 2 aromatic heterocycles. The number of ether oxygens (including phenoxy) is 2. The molecule has 5 heterocycles. The van der Waals surface area contributed by atoms with Crippen LogP contribution in [0.15, 0.2) is 22.6 Å². The van der Waals surface area contributed by atoms with E-state index in [0.29, 0.717) is 39.1 Å². The molecule has 0 saturated carbocycles. The first-order valence-corrected chi connectivity index (χ1v) is 25.9. The minimum absolute atomic E-state index is 0.000483. The molecule has 1 saturated heterocycles. The number of thioether (sulfide) groups is 1. The van der Waals surface area contributed by atoms with Gasteiger partial charge in [0.05, 0.1) is 69.0 Å². The Labute approximate surface area is 441 Å². The topological polar surface area (TPSA) is 404 Å². The second kappa shape index (κ2) is 29.2. The summed E-state index contributed by atoms with van der Waals surface area (Å²) in [5, 5.41) is 4.45. The Morgan fingerprint density at radius 1 is 0.829 bits per heavy atom. The van der Waals surface area contributed by atoms with E-state index in [0.717, 1.165) is 21.6 Å². The molecule has 0 radical (unpaired) electrons. The van der Waals surface area contributed by atoms with E-state index in [1.165, 1.54) is 26.7 Å². The van der Waals surface area contributed by atoms with Crippen LogP contribution in [-0.2, 0) is 65.7 Å². The number of nitrogens with one attached hydrogen (secondary N) is 2. The van der Waals surface area contributed by atoms with Gasteiger partial charge >= 0.3 is 0 Å². The molecule has 3 aliphatic rings. The van der Waals surface area contributed by atoms with Crippen LogP contribution >= 0.6 is 11.8 Å². The number of unbranched alkanes of at least 4 members (excludes halogenated alkanes) is 1. The van der Waals surface area contributed by atoms with Crippen LogP contribution in [0, 0.1) is 5.92 Å². The Kier molecular flexibility index (Phi) is 22.9. The number of aliphatic imine (C=N–C) groups is 2. The molecule has 0 spiro atoms. The number of Topliss-reactive ketones (excluding diaryl/α,β-unsaturated/α-hetero) is 4. The number of carbonyl (C=O) groups excluding carboxylic acids is 11. The van der Waals surface area contributed by atoms with Gasteiger partial charge in [-0.05, 0) is 39.2 Å². The second-order valence-corrected chi connectivity index (χ2v) is 19.4. The van der Waals surface area contributed by atoms with Crippen molar-refractivity contribution in [3.05, 3.63) is 24.0 Å². The van der Waals surface area contributed by atoms with Gasteiger partial charge in [-0.15, -0.1) is 11.8 Å². The standard InChI is InChI=1S/C47H67N15O13S/c1-3-58(40(70)23-60-26-53-42-32(65)18-35(49)56-45(42)60)21-37(67)52-11-13-59(41(71)24-61-27-54-43-33(66)19-36(50)57-46(43)61)22-38(68)55-30(8-4-5-10-48)31(64)17-28(44(51)72)25-76-34-20-39(69)62(47(34)73)12-9-29(63)7-6-14-75-16-15-74-2/h26-28,30,34H,3-25,48H2,1-2H3,(H2,49,56)(H2,50,57)(H2,51,72)(H,52,67)(H,55,68). The zero-order valence-corrected chi connectivity index (χ0v) is 43.5. The monoisotopic (exact) mass is 1080 g/mol. The van der Waals surface area contributed by atoms with Gasteiger partial charge < -0.3 is 62.0 Å². The zero-order chi connectivity index (χ0) is 55.5. The average Bonchev–Trinajstić information content (AvgIpc) is 4.05. The van der Waals surface area contributed by atoms with Crippen LogP contribution in [0.1, 0.15) is 92.1 Å². The van der Waals surface area contributed by atoms with Crippen molar-refractivity contribution in [1.82, 2.24) is 44.4 Å². The highest BCUT2D eigenvalue weighted by Gasteiger charge is 2.40. The average molecular weight is 1080 g/mol. The molecular formula is C47H67N15O13S. The lowest BCUT2D eigenvalue weighted by molar-refractivity contribution is -0.139. The predicted molar refractivity (Wildman–Crippen MR) is 273 cm³/mol. The number of nitrogens with two attached hydrogens (primary N) is 4. The van der Waals surface area contributed by atoms with Crippen molar-refractivity contribution in [2.75, 3.05) is 78.5 Å². The Morgan fingerprint density at radius 3 is 2.04 bits per heavy atom. The molecule has 28 nitrogen and oxygen atoms in total. The quantitative estimate of drug-likeness (QED) is 0.0316. The minimum Gasteiger partial charge on any atom is -0.387 e. The van der Waals surface area contributed by atoms with Crippen molar-refractivity contribution in [3.63, 3.8) is 0 Å². The number of hydrogen-bond donors (Lipinski definition) is 6. The Hall–Kier alpha value is -7.24. The van der Waals surface area contributed by atoms with E-state index < -0.39 is 96.2 Å². The van der Waals surface area contributed by atoms with Crippen molar-refractivity contribution >= 4 is 99.6 Å². The van der Waals surface area contributed by atoms with Gasteiger partial charge in [-0.1, -0.05) is 0 Å². The maximum atomic E-state index is 14.0. The number of carbonyl (C=O) groups is 11. The number of nitrogens with zero attached hydrogens (tertiary/aromatic N) is 9. The number of likely N-dealkylation sites (N-methyl/N-ethyl adjacent to an activating group) is 1. The smallest absolute Gasteiger partial charge is 0.243 e. The van der Waals surface area contributed by atoms with Gasteiger partial charge in [0.2, 0.25) is 41.4 Å². The molecule has 0 aliphatic carbocycles.